The fourth-order valence-corrected chi connectivity index (χ4v) is 16.7. The molecule has 39 heteroatoms. The molecule has 2 fully saturated rings. The van der Waals surface area contributed by atoms with E-state index in [2.05, 4.69) is 71.3 Å². The summed E-state index contributed by atoms with van der Waals surface area (Å²) in [5.41, 5.74) is 11.7. The number of aryl methyl sites for hydroxylation is 5. The fraction of sp³-hybridized carbons (Fsp3) is 0.295. The molecule has 0 spiro atoms. The predicted octanol–water partition coefficient (Wildman–Crippen LogP) is 17.4. The van der Waals surface area contributed by atoms with E-state index in [1.54, 1.807) is 170 Å². The largest absolute Gasteiger partial charge is 0.494 e. The number of H-pyrrole nitrogens is 1. The fourth-order valence-electron chi connectivity index (χ4n) is 15.9. The molecule has 0 amide bonds. The molecule has 9 aromatic carbocycles. The molecule has 18 rings (SSSR count). The van der Waals surface area contributed by atoms with Crippen molar-refractivity contribution in [2.75, 3.05) is 18.0 Å². The first-order valence-electron chi connectivity index (χ1n) is 42.1. The minimum absolute atomic E-state index is 0.0116. The van der Waals surface area contributed by atoms with Gasteiger partial charge in [-0.05, 0) is 193 Å². The van der Waals surface area contributed by atoms with Crippen LogP contribution < -0.4 is 57.1 Å². The highest BCUT2D eigenvalue weighted by molar-refractivity contribution is 9.10. The van der Waals surface area contributed by atoms with Gasteiger partial charge in [0.15, 0.2) is 0 Å². The lowest BCUT2D eigenvalue weighted by molar-refractivity contribution is -0.0511. The van der Waals surface area contributed by atoms with Crippen LogP contribution in [0.25, 0.3) is 76.8 Å². The van der Waals surface area contributed by atoms with Gasteiger partial charge in [-0.1, -0.05) is 121 Å². The summed E-state index contributed by atoms with van der Waals surface area (Å²) in [6.45, 7) is 5.89. The number of nitrogens with one attached hydrogen (secondary N) is 1. The van der Waals surface area contributed by atoms with Crippen molar-refractivity contribution in [2.45, 2.75) is 138 Å². The monoisotopic (exact) mass is 1990 g/mol. The van der Waals surface area contributed by atoms with E-state index in [0.29, 0.717) is 92.2 Å². The molecular weight excluding hydrogens is 1900 g/mol. The first kappa shape index (κ1) is 97.2. The number of nitrogens with zero attached hydrogens (tertiary/aromatic N) is 14. The van der Waals surface area contributed by atoms with Gasteiger partial charge in [0, 0.05) is 115 Å². The van der Waals surface area contributed by atoms with E-state index in [0.717, 1.165) is 75.3 Å². The van der Waals surface area contributed by atoms with Crippen LogP contribution in [0.3, 0.4) is 0 Å². The van der Waals surface area contributed by atoms with Gasteiger partial charge in [-0.15, -0.1) is 0 Å². The Morgan fingerprint density at radius 3 is 1.11 bits per heavy atom. The molecule has 9 heterocycles. The second-order valence-electron chi connectivity index (χ2n) is 33.4. The Hall–Kier alpha value is -12.9. The molecular formula is C95H93BBr2ClF8N15O12. The van der Waals surface area contributed by atoms with Crippen molar-refractivity contribution < 1.29 is 68.5 Å². The molecule has 7 aromatic heterocycles. The highest BCUT2D eigenvalue weighted by Crippen LogP contribution is 2.38. The van der Waals surface area contributed by atoms with Crippen LogP contribution in [0.1, 0.15) is 85.0 Å². The Morgan fingerprint density at radius 2 is 0.746 bits per heavy atom. The van der Waals surface area contributed by atoms with Crippen LogP contribution in [-0.4, -0.2) is 136 Å². The minimum Gasteiger partial charge on any atom is -0.434 e. The van der Waals surface area contributed by atoms with Gasteiger partial charge >= 0.3 is 33.6 Å². The molecule has 134 heavy (non-hydrogen) atoms. The Labute approximate surface area is 783 Å². The summed E-state index contributed by atoms with van der Waals surface area (Å²) in [6.07, 6.45) is 7.79. The van der Waals surface area contributed by atoms with Crippen molar-refractivity contribution in [1.82, 2.24) is 67.2 Å². The van der Waals surface area contributed by atoms with E-state index in [9.17, 15) is 64.2 Å². The number of hydrogen-bond donors (Lipinski definition) is 2. The van der Waals surface area contributed by atoms with E-state index in [1.165, 1.54) is 47.7 Å². The molecule has 2 N–H and O–H groups in total. The second kappa shape index (κ2) is 40.5. The molecule has 2 aliphatic heterocycles. The number of aliphatic hydroxyl groups excluding tert-OH is 1. The molecule has 0 bridgehead atoms. The molecule has 27 nitrogen and oxygen atoms in total. The highest BCUT2D eigenvalue weighted by Gasteiger charge is 2.52. The summed E-state index contributed by atoms with van der Waals surface area (Å²) in [4.78, 5) is 81.2. The van der Waals surface area contributed by atoms with Crippen LogP contribution in [0, 0.1) is 27.7 Å². The minimum atomic E-state index is -2.94. The average Bonchev–Trinajstić information content (AvgIpc) is 1.62. The first-order valence-corrected chi connectivity index (χ1v) is 44.1. The quantitative estimate of drug-likeness (QED) is 0.0407. The number of piperidine rings is 1. The zero-order valence-electron chi connectivity index (χ0n) is 74.9. The van der Waals surface area contributed by atoms with Crippen molar-refractivity contribution in [3.05, 3.63) is 299 Å². The molecule has 0 aliphatic carbocycles. The van der Waals surface area contributed by atoms with Crippen LogP contribution in [0.15, 0.2) is 221 Å². The second-order valence-corrected chi connectivity index (χ2v) is 35.6. The number of aromatic amines is 1. The van der Waals surface area contributed by atoms with Gasteiger partial charge < -0.3 is 38.3 Å². The van der Waals surface area contributed by atoms with Gasteiger partial charge in [0.1, 0.15) is 23.0 Å². The molecule has 0 atom stereocenters. The lowest BCUT2D eigenvalue weighted by Gasteiger charge is -2.32. The zero-order valence-corrected chi connectivity index (χ0v) is 78.8. The molecule has 700 valence electrons. The van der Waals surface area contributed by atoms with Gasteiger partial charge in [0.25, 0.3) is 27.8 Å². The number of hydrogen-bond acceptors (Lipinski definition) is 17. The molecule has 0 unspecified atom stereocenters. The van der Waals surface area contributed by atoms with Gasteiger partial charge in [-0.2, -0.15) is 35.1 Å². The Bertz CT molecular complexity index is 7350. The summed E-state index contributed by atoms with van der Waals surface area (Å²) < 4.78 is 150. The molecule has 2 saturated heterocycles. The number of rotatable bonds is 20. The maximum atomic E-state index is 13.0. The van der Waals surface area contributed by atoms with E-state index in [-0.39, 0.29) is 88.4 Å². The Kier molecular flexibility index (Phi) is 29.4. The molecule has 0 saturated carbocycles. The van der Waals surface area contributed by atoms with E-state index < -0.39 is 44.8 Å². The van der Waals surface area contributed by atoms with Gasteiger partial charge in [0.2, 0.25) is 11.2 Å². The standard InChI is InChI=1S/C26H27F2N5O3.C23H27BF2N2O4.C21H17ClF2N4O2.C17H15BrF2N2O2.C8H7BrN2O/c1-16-3-6-23(36-25(27)28)18(11-16)15-33-22-12-17(4-5-21(22)24(35)31(33)2)19-13-29-26(30-14-19)32-9-7-20(34)8-10-32;1-14-7-10-19(30-21(25)26)15(11-14)13-28-18-12-16(8-9-17(18)20(29)27(28)6)24-31-22(2,3)23(4,5)32-24;1-12-3-6-18(30-21(23)24)14(7-12)11-28-17-8-13(15-9-25-20(22)26-10-15)4-5-16(17)19(29)27(28)2;1-10-3-6-15(24-17(19)20)11(7-10)9-22-14-8-12(18)4-5-13(14)16(23)21(22)2;1-11-8(12)6-3-2-5(9)4-7(6)10-11/h3-6,11-14,20,25,34H,7-10,15H2,1-2H3;7-12,21H,13H2,1-6H3;3-10,21H,11H2,1-2H3;3-8,17H,9H2,1-2H3;2-4,10H,1H3. The van der Waals surface area contributed by atoms with Crippen LogP contribution in [0.4, 0.5) is 41.1 Å². The van der Waals surface area contributed by atoms with Crippen molar-refractivity contribution in [3.8, 4) is 45.3 Å². The SMILES string of the molecule is Cc1ccc(OC(F)F)c(Cn2c3cc(-c4cnc(Cl)nc4)ccc3c(=O)n2C)c1.Cc1ccc(OC(F)F)c(Cn2c3cc(-c4cnc(N5CCC(O)CC5)nc4)ccc3c(=O)n2C)c1.Cc1ccc(OC(F)F)c(Cn2c3cc(B4OC(C)(C)C(C)(C)O4)ccc3c(=O)n2C)c1.Cc1ccc(OC(F)F)c(Cn2c3cc(Br)ccc3c(=O)n2C)c1.Cn1[nH]c2cc(Br)ccc2c1=O. The van der Waals surface area contributed by atoms with Crippen LogP contribution >= 0.6 is 43.5 Å². The zero-order chi connectivity index (χ0) is 96.4. The Balaban J connectivity index is 0.000000138. The van der Waals surface area contributed by atoms with Gasteiger partial charge in [-0.3, -0.25) is 71.2 Å². The summed E-state index contributed by atoms with van der Waals surface area (Å²) in [7, 11) is 7.72. The number of benzene rings is 9. The normalized spacial score (nSPS) is 13.7. The average molecular weight is 1990 g/mol. The maximum absolute atomic E-state index is 13.0. The van der Waals surface area contributed by atoms with E-state index in [4.69, 9.17) is 30.4 Å². The van der Waals surface area contributed by atoms with Crippen molar-refractivity contribution in [2.24, 2.45) is 35.2 Å². The summed E-state index contributed by atoms with van der Waals surface area (Å²) in [6, 6.07) is 47.3. The molecule has 2 aliphatic rings. The summed E-state index contributed by atoms with van der Waals surface area (Å²) >= 11 is 12.5. The predicted molar refractivity (Wildman–Crippen MR) is 506 cm³/mol. The van der Waals surface area contributed by atoms with Gasteiger partial charge in [0.05, 0.1) is 98.0 Å². The number of fused-ring (bicyclic) bond motifs is 5. The topological polar surface area (TPSA) is 276 Å². The van der Waals surface area contributed by atoms with E-state index >= 15 is 0 Å². The lowest BCUT2D eigenvalue weighted by Crippen LogP contribution is -2.41. The van der Waals surface area contributed by atoms with Crippen molar-refractivity contribution in [3.63, 3.8) is 0 Å². The highest BCUT2D eigenvalue weighted by atomic mass is 79.9. The smallest absolute Gasteiger partial charge is 0.434 e. The summed E-state index contributed by atoms with van der Waals surface area (Å²) in [5, 5.41) is 15.7. The number of alkyl halides is 8. The van der Waals surface area contributed by atoms with Crippen LogP contribution in [-0.2, 0) is 70.7 Å². The molecule has 16 aromatic rings. The number of anilines is 1. The van der Waals surface area contributed by atoms with Crippen LogP contribution in [0.5, 0.6) is 23.0 Å². The van der Waals surface area contributed by atoms with Crippen molar-refractivity contribution >= 4 is 117 Å². The third-order valence-corrected chi connectivity index (χ3v) is 24.8. The number of halogens is 11. The maximum Gasteiger partial charge on any atom is 0.494 e. The van der Waals surface area contributed by atoms with Gasteiger partial charge in [-0.25, -0.2) is 19.9 Å². The number of aliphatic hydroxyl groups is 1. The third-order valence-electron chi connectivity index (χ3n) is 23.6. The molecule has 0 radical (unpaired) electrons. The first-order chi connectivity index (χ1) is 63.6. The lowest BCUT2D eigenvalue weighted by atomic mass is 9.79. The summed E-state index contributed by atoms with van der Waals surface area (Å²) in [5.74, 6) is 0.971. The van der Waals surface area contributed by atoms with E-state index in [1.807, 2.05) is 104 Å². The Morgan fingerprint density at radius 1 is 0.425 bits per heavy atom. The van der Waals surface area contributed by atoms with Crippen molar-refractivity contribution in [1.29, 1.82) is 0 Å². The van der Waals surface area contributed by atoms with Crippen LogP contribution in [0.2, 0.25) is 5.28 Å². The number of ether oxygens (including phenoxy) is 4. The number of aromatic nitrogens is 14. The third kappa shape index (κ3) is 21.6.